The van der Waals surface area contributed by atoms with Crippen molar-refractivity contribution in [2.45, 2.75) is 19.7 Å². The molecule has 7 nitrogen and oxygen atoms in total. The Morgan fingerprint density at radius 3 is 2.37 bits per heavy atom. The van der Waals surface area contributed by atoms with Gasteiger partial charge in [0.25, 0.3) is 11.8 Å². The van der Waals surface area contributed by atoms with Crippen molar-refractivity contribution < 1.29 is 37.0 Å². The minimum atomic E-state index is -4.77. The summed E-state index contributed by atoms with van der Waals surface area (Å²) in [6, 6.07) is 9.00. The number of alkyl halides is 3. The molecule has 4 amide bonds. The van der Waals surface area contributed by atoms with Crippen LogP contribution in [0.4, 0.5) is 23.7 Å². The summed E-state index contributed by atoms with van der Waals surface area (Å²) < 4.78 is 52.1. The van der Waals surface area contributed by atoms with Crippen molar-refractivity contribution in [3.63, 3.8) is 0 Å². The van der Waals surface area contributed by atoms with Crippen molar-refractivity contribution in [2.75, 3.05) is 11.5 Å². The number of hydrogen-bond acceptors (Lipinski definition) is 5. The first kappa shape index (κ1) is 30.9. The third-order valence-electron chi connectivity index (χ3n) is 5.65. The summed E-state index contributed by atoms with van der Waals surface area (Å²) in [7, 11) is 0. The predicted molar refractivity (Wildman–Crippen MR) is 157 cm³/mol. The van der Waals surface area contributed by atoms with Gasteiger partial charge in [-0.05, 0) is 83.6 Å². The van der Waals surface area contributed by atoms with Crippen LogP contribution in [0.15, 0.2) is 54.1 Å². The molecule has 1 saturated heterocycles. The number of halogens is 7. The third-order valence-corrected chi connectivity index (χ3v) is 7.35. The number of nitrogens with zero attached hydrogens (tertiary/aromatic N) is 1. The van der Waals surface area contributed by atoms with Crippen LogP contribution >= 0.6 is 57.4 Å². The smallest absolute Gasteiger partial charge is 0.416 e. The first-order chi connectivity index (χ1) is 19.3. The van der Waals surface area contributed by atoms with Gasteiger partial charge in [0, 0.05) is 15.6 Å². The number of nitrogens with one attached hydrogen (secondary N) is 1. The molecule has 0 radical (unpaired) electrons. The van der Waals surface area contributed by atoms with Gasteiger partial charge < -0.3 is 9.47 Å². The summed E-state index contributed by atoms with van der Waals surface area (Å²) in [6.45, 7) is 2.09. The molecule has 3 aromatic carbocycles. The van der Waals surface area contributed by atoms with Crippen molar-refractivity contribution in [2.24, 2.45) is 0 Å². The lowest BCUT2D eigenvalue weighted by molar-refractivity contribution is -0.137. The van der Waals surface area contributed by atoms with Gasteiger partial charge in [0.05, 0.1) is 26.5 Å². The fraction of sp³-hybridized carbons (Fsp3) is 0.148. The Kier molecular flexibility index (Phi) is 9.42. The summed E-state index contributed by atoms with van der Waals surface area (Å²) in [5.74, 6) is -1.54. The molecule has 1 N–H and O–H groups in total. The maximum absolute atomic E-state index is 13.3. The maximum atomic E-state index is 13.3. The van der Waals surface area contributed by atoms with E-state index >= 15 is 0 Å². The third kappa shape index (κ3) is 6.91. The highest BCUT2D eigenvalue weighted by Crippen LogP contribution is 2.38. The average molecular weight is 740 g/mol. The van der Waals surface area contributed by atoms with Crippen molar-refractivity contribution in [1.82, 2.24) is 5.32 Å². The second-order valence-electron chi connectivity index (χ2n) is 8.41. The number of barbiturate groups is 1. The SMILES string of the molecule is CCOc1cc(/C=C2\C(=O)NC(=O)N(c3cc(C(F)(F)F)ccc3Cl)C2=O)cc(I)c1OCc1ccc(Cl)cc1Cl. The zero-order chi connectivity index (χ0) is 30.1. The Bertz CT molecular complexity index is 1600. The first-order valence-corrected chi connectivity index (χ1v) is 13.8. The Morgan fingerprint density at radius 1 is 0.976 bits per heavy atom. The van der Waals surface area contributed by atoms with Gasteiger partial charge in [0.15, 0.2) is 11.5 Å². The van der Waals surface area contributed by atoms with Gasteiger partial charge in [-0.3, -0.25) is 14.9 Å². The molecular formula is C27H17Cl3F3IN2O5. The van der Waals surface area contributed by atoms with Gasteiger partial charge in [0.1, 0.15) is 12.2 Å². The van der Waals surface area contributed by atoms with Gasteiger partial charge >= 0.3 is 12.2 Å². The Labute approximate surface area is 260 Å². The van der Waals surface area contributed by atoms with Crippen LogP contribution in [0.25, 0.3) is 6.08 Å². The normalized spacial score (nSPS) is 14.9. The number of anilines is 1. The number of rotatable bonds is 7. The van der Waals surface area contributed by atoms with E-state index in [9.17, 15) is 27.6 Å². The molecule has 0 aromatic heterocycles. The summed E-state index contributed by atoms with van der Waals surface area (Å²) in [5, 5.41) is 2.55. The van der Waals surface area contributed by atoms with Gasteiger partial charge in [0.2, 0.25) is 0 Å². The Hall–Kier alpha value is -3.00. The maximum Gasteiger partial charge on any atom is 0.416 e. The van der Waals surface area contributed by atoms with E-state index in [1.807, 2.05) is 27.9 Å². The number of imide groups is 2. The largest absolute Gasteiger partial charge is 0.490 e. The van der Waals surface area contributed by atoms with E-state index in [0.29, 0.717) is 47.5 Å². The van der Waals surface area contributed by atoms with Gasteiger partial charge in [-0.1, -0.05) is 40.9 Å². The van der Waals surface area contributed by atoms with Crippen molar-refractivity contribution in [1.29, 1.82) is 0 Å². The van der Waals surface area contributed by atoms with Crippen LogP contribution < -0.4 is 19.7 Å². The topological polar surface area (TPSA) is 84.9 Å². The van der Waals surface area contributed by atoms with E-state index in [1.165, 1.54) is 12.1 Å². The standard InChI is InChI=1S/C27H17Cl3F3IN2O5/c1-2-40-22-9-13(8-20(34)23(22)41-12-14-3-5-16(28)11-19(14)30)7-17-24(37)35-26(39)36(25(17)38)21-10-15(27(31,32)33)4-6-18(21)29/h3-11H,2,12H2,1H3,(H,35,37,39)/b17-7+. The molecule has 0 aliphatic carbocycles. The molecule has 0 unspecified atom stereocenters. The lowest BCUT2D eigenvalue weighted by Gasteiger charge is -2.27. The molecule has 1 aliphatic heterocycles. The fourth-order valence-electron chi connectivity index (χ4n) is 3.77. The van der Waals surface area contributed by atoms with E-state index in [2.05, 4.69) is 0 Å². The van der Waals surface area contributed by atoms with Crippen molar-refractivity contribution in [3.05, 3.63) is 89.4 Å². The molecular weight excluding hydrogens is 723 g/mol. The molecule has 3 aromatic rings. The van der Waals surface area contributed by atoms with E-state index in [0.717, 1.165) is 6.07 Å². The van der Waals surface area contributed by atoms with Gasteiger partial charge in [-0.25, -0.2) is 9.69 Å². The molecule has 1 aliphatic rings. The van der Waals surface area contributed by atoms with Crippen molar-refractivity contribution >= 4 is 87.0 Å². The Morgan fingerprint density at radius 2 is 1.71 bits per heavy atom. The van der Waals surface area contributed by atoms with E-state index in [4.69, 9.17) is 44.3 Å². The van der Waals surface area contributed by atoms with Gasteiger partial charge in [-0.2, -0.15) is 13.2 Å². The highest BCUT2D eigenvalue weighted by atomic mass is 127. The highest BCUT2D eigenvalue weighted by molar-refractivity contribution is 14.1. The van der Waals surface area contributed by atoms with Crippen LogP contribution in [-0.4, -0.2) is 24.5 Å². The number of urea groups is 1. The summed E-state index contributed by atoms with van der Waals surface area (Å²) >= 11 is 20.2. The monoisotopic (exact) mass is 738 g/mol. The van der Waals surface area contributed by atoms with Crippen LogP contribution in [0.3, 0.4) is 0 Å². The summed E-state index contributed by atoms with van der Waals surface area (Å²) in [6.07, 6.45) is -3.58. The lowest BCUT2D eigenvalue weighted by atomic mass is 10.1. The average Bonchev–Trinajstić information content (AvgIpc) is 2.87. The summed E-state index contributed by atoms with van der Waals surface area (Å²) in [4.78, 5) is 38.9. The Balaban J connectivity index is 1.70. The molecule has 0 saturated carbocycles. The van der Waals surface area contributed by atoms with E-state index in [-0.39, 0.29) is 24.0 Å². The predicted octanol–water partition coefficient (Wildman–Crippen LogP) is 7.91. The minimum Gasteiger partial charge on any atom is -0.490 e. The van der Waals surface area contributed by atoms with Crippen LogP contribution in [-0.2, 0) is 22.4 Å². The highest BCUT2D eigenvalue weighted by Gasteiger charge is 2.39. The quantitative estimate of drug-likeness (QED) is 0.151. The number of benzene rings is 3. The van der Waals surface area contributed by atoms with E-state index < -0.39 is 40.8 Å². The van der Waals surface area contributed by atoms with Crippen LogP contribution in [0.1, 0.15) is 23.6 Å². The molecule has 0 atom stereocenters. The second kappa shape index (κ2) is 12.5. The molecule has 214 valence electrons. The first-order valence-electron chi connectivity index (χ1n) is 11.6. The second-order valence-corrected chi connectivity index (χ2v) is 10.8. The number of ether oxygens (including phenoxy) is 2. The van der Waals surface area contributed by atoms with Crippen LogP contribution in [0.2, 0.25) is 15.1 Å². The lowest BCUT2D eigenvalue weighted by Crippen LogP contribution is -2.54. The molecule has 14 heteroatoms. The van der Waals surface area contributed by atoms with Crippen molar-refractivity contribution in [3.8, 4) is 11.5 Å². The summed E-state index contributed by atoms with van der Waals surface area (Å²) in [5.41, 5.74) is -1.19. The van der Waals surface area contributed by atoms with E-state index in [1.54, 1.807) is 31.2 Å². The molecule has 4 rings (SSSR count). The molecule has 1 fully saturated rings. The molecule has 0 bridgehead atoms. The number of carbonyl (C=O) groups is 3. The van der Waals surface area contributed by atoms with Crippen LogP contribution in [0.5, 0.6) is 11.5 Å². The molecule has 41 heavy (non-hydrogen) atoms. The number of hydrogen-bond donors (Lipinski definition) is 1. The number of carbonyl (C=O) groups excluding carboxylic acids is 3. The zero-order valence-corrected chi connectivity index (χ0v) is 25.2. The van der Waals surface area contributed by atoms with Gasteiger partial charge in [-0.15, -0.1) is 0 Å². The minimum absolute atomic E-state index is 0.0855. The zero-order valence-electron chi connectivity index (χ0n) is 20.7. The number of amides is 4. The van der Waals surface area contributed by atoms with Crippen LogP contribution in [0, 0.1) is 3.57 Å². The fourth-order valence-corrected chi connectivity index (χ4v) is 5.21. The molecule has 0 spiro atoms. The molecule has 1 heterocycles.